The normalized spacial score (nSPS) is 9.85. The standard InChI is InChI=1S/C13H16N2O4S/c1-9(16)15-11-4-2-3-10(5-11)6-14-12(17)7-20-8-13(18)19/h2-5H,6-8H2,1H3,(H,14,17)(H,15,16)(H,18,19). The Morgan fingerprint density at radius 3 is 2.65 bits per heavy atom. The molecule has 0 spiro atoms. The van der Waals surface area contributed by atoms with Gasteiger partial charge < -0.3 is 15.7 Å². The Kier molecular flexibility index (Phi) is 6.58. The van der Waals surface area contributed by atoms with Gasteiger partial charge in [-0.15, -0.1) is 11.8 Å². The van der Waals surface area contributed by atoms with Gasteiger partial charge in [-0.25, -0.2) is 0 Å². The fourth-order valence-electron chi connectivity index (χ4n) is 1.45. The van der Waals surface area contributed by atoms with Gasteiger partial charge in [0.25, 0.3) is 0 Å². The Bertz CT molecular complexity index is 505. The molecule has 3 N–H and O–H groups in total. The maximum Gasteiger partial charge on any atom is 0.313 e. The van der Waals surface area contributed by atoms with E-state index in [9.17, 15) is 14.4 Å². The fraction of sp³-hybridized carbons (Fsp3) is 0.308. The van der Waals surface area contributed by atoms with Crippen LogP contribution in [0.15, 0.2) is 24.3 Å². The molecule has 0 atom stereocenters. The second-order valence-electron chi connectivity index (χ2n) is 4.04. The molecule has 0 radical (unpaired) electrons. The highest BCUT2D eigenvalue weighted by atomic mass is 32.2. The number of amides is 2. The van der Waals surface area contributed by atoms with Gasteiger partial charge in [0.15, 0.2) is 0 Å². The van der Waals surface area contributed by atoms with Gasteiger partial charge in [0.05, 0.1) is 11.5 Å². The molecule has 0 saturated heterocycles. The topological polar surface area (TPSA) is 95.5 Å². The Balaban J connectivity index is 2.39. The lowest BCUT2D eigenvalue weighted by Gasteiger charge is -2.07. The molecule has 1 aromatic carbocycles. The van der Waals surface area contributed by atoms with Gasteiger partial charge in [0, 0.05) is 19.2 Å². The number of hydrogen-bond acceptors (Lipinski definition) is 4. The Hall–Kier alpha value is -2.02. The average molecular weight is 296 g/mol. The first-order valence-corrected chi connectivity index (χ1v) is 7.05. The summed E-state index contributed by atoms with van der Waals surface area (Å²) in [6.45, 7) is 1.76. The minimum Gasteiger partial charge on any atom is -0.481 e. The van der Waals surface area contributed by atoms with E-state index in [0.29, 0.717) is 12.2 Å². The van der Waals surface area contributed by atoms with Crippen LogP contribution in [-0.2, 0) is 20.9 Å². The first-order valence-electron chi connectivity index (χ1n) is 5.90. The SMILES string of the molecule is CC(=O)Nc1cccc(CNC(=O)CSCC(=O)O)c1. The lowest BCUT2D eigenvalue weighted by molar-refractivity contribution is -0.133. The molecule has 108 valence electrons. The molecule has 20 heavy (non-hydrogen) atoms. The number of rotatable bonds is 7. The van der Waals surface area contributed by atoms with Crippen molar-refractivity contribution in [3.63, 3.8) is 0 Å². The number of carbonyl (C=O) groups is 3. The van der Waals surface area contributed by atoms with Crippen LogP contribution >= 0.6 is 11.8 Å². The zero-order chi connectivity index (χ0) is 15.0. The first kappa shape index (κ1) is 16.0. The van der Waals surface area contributed by atoms with Crippen molar-refractivity contribution in [2.24, 2.45) is 0 Å². The number of nitrogens with one attached hydrogen (secondary N) is 2. The molecule has 0 heterocycles. The van der Waals surface area contributed by atoms with Crippen molar-refractivity contribution >= 4 is 35.2 Å². The van der Waals surface area contributed by atoms with Crippen LogP contribution in [0.1, 0.15) is 12.5 Å². The lowest BCUT2D eigenvalue weighted by atomic mass is 10.2. The van der Waals surface area contributed by atoms with Crippen molar-refractivity contribution in [2.45, 2.75) is 13.5 Å². The lowest BCUT2D eigenvalue weighted by Crippen LogP contribution is -2.25. The van der Waals surface area contributed by atoms with Crippen LogP contribution in [0.3, 0.4) is 0 Å². The first-order chi connectivity index (χ1) is 9.47. The van der Waals surface area contributed by atoms with Crippen LogP contribution < -0.4 is 10.6 Å². The number of carbonyl (C=O) groups excluding carboxylic acids is 2. The van der Waals surface area contributed by atoms with Crippen molar-refractivity contribution in [1.29, 1.82) is 0 Å². The number of benzene rings is 1. The van der Waals surface area contributed by atoms with Crippen LogP contribution in [0.4, 0.5) is 5.69 Å². The molecule has 1 rings (SSSR count). The fourth-order valence-corrected chi connectivity index (χ4v) is 2.01. The van der Waals surface area contributed by atoms with E-state index >= 15 is 0 Å². The number of carboxylic acid groups (broad SMARTS) is 1. The zero-order valence-corrected chi connectivity index (χ0v) is 11.8. The van der Waals surface area contributed by atoms with E-state index in [0.717, 1.165) is 17.3 Å². The van der Waals surface area contributed by atoms with E-state index in [4.69, 9.17) is 5.11 Å². The van der Waals surface area contributed by atoms with Crippen molar-refractivity contribution in [3.05, 3.63) is 29.8 Å². The molecule has 0 aliphatic carbocycles. The average Bonchev–Trinajstić information content (AvgIpc) is 2.35. The minimum absolute atomic E-state index is 0.0918. The second kappa shape index (κ2) is 8.21. The molecule has 0 bridgehead atoms. The van der Waals surface area contributed by atoms with Gasteiger partial charge in [0.1, 0.15) is 0 Å². The van der Waals surface area contributed by atoms with E-state index in [2.05, 4.69) is 10.6 Å². The number of carboxylic acids is 1. The molecule has 0 aliphatic heterocycles. The third kappa shape index (κ3) is 6.79. The van der Waals surface area contributed by atoms with Gasteiger partial charge in [-0.1, -0.05) is 12.1 Å². The molecule has 7 heteroatoms. The van der Waals surface area contributed by atoms with E-state index in [1.165, 1.54) is 6.92 Å². The summed E-state index contributed by atoms with van der Waals surface area (Å²) in [4.78, 5) is 32.7. The summed E-state index contributed by atoms with van der Waals surface area (Å²) in [6.07, 6.45) is 0. The van der Waals surface area contributed by atoms with Gasteiger partial charge in [-0.3, -0.25) is 14.4 Å². The maximum absolute atomic E-state index is 11.5. The molecule has 2 amide bonds. The molecule has 6 nitrogen and oxygen atoms in total. The van der Waals surface area contributed by atoms with Crippen LogP contribution in [-0.4, -0.2) is 34.4 Å². The quantitative estimate of drug-likeness (QED) is 0.700. The predicted octanol–water partition coefficient (Wildman–Crippen LogP) is 1.08. The monoisotopic (exact) mass is 296 g/mol. The molecule has 0 saturated carbocycles. The Morgan fingerprint density at radius 1 is 1.25 bits per heavy atom. The number of aliphatic carboxylic acids is 1. The summed E-state index contributed by atoms with van der Waals surface area (Å²) in [5.41, 5.74) is 1.53. The molecule has 0 aliphatic rings. The minimum atomic E-state index is -0.939. The smallest absolute Gasteiger partial charge is 0.313 e. The maximum atomic E-state index is 11.5. The molecule has 0 unspecified atom stereocenters. The summed E-state index contributed by atoms with van der Waals surface area (Å²) < 4.78 is 0. The van der Waals surface area contributed by atoms with Gasteiger partial charge in [-0.05, 0) is 17.7 Å². The van der Waals surface area contributed by atoms with E-state index < -0.39 is 5.97 Å². The van der Waals surface area contributed by atoms with Gasteiger partial charge in [0.2, 0.25) is 11.8 Å². The largest absolute Gasteiger partial charge is 0.481 e. The highest BCUT2D eigenvalue weighted by Gasteiger charge is 2.04. The number of anilines is 1. The summed E-state index contributed by atoms with van der Waals surface area (Å²) >= 11 is 1.05. The molecule has 0 fully saturated rings. The van der Waals surface area contributed by atoms with Crippen LogP contribution in [0.2, 0.25) is 0 Å². The summed E-state index contributed by atoms with van der Waals surface area (Å²) in [5, 5.41) is 13.8. The number of hydrogen-bond donors (Lipinski definition) is 3. The van der Waals surface area contributed by atoms with Crippen molar-refractivity contribution < 1.29 is 19.5 Å². The number of thioether (sulfide) groups is 1. The third-order valence-corrected chi connectivity index (χ3v) is 3.11. The van der Waals surface area contributed by atoms with Crippen molar-refractivity contribution in [3.8, 4) is 0 Å². The van der Waals surface area contributed by atoms with Crippen LogP contribution in [0.25, 0.3) is 0 Å². The molecule has 0 aromatic heterocycles. The Labute approximate surface area is 120 Å². The summed E-state index contributed by atoms with van der Waals surface area (Å²) in [5.74, 6) is -1.30. The van der Waals surface area contributed by atoms with E-state index in [-0.39, 0.29) is 23.3 Å². The van der Waals surface area contributed by atoms with Gasteiger partial charge >= 0.3 is 5.97 Å². The third-order valence-electron chi connectivity index (χ3n) is 2.20. The second-order valence-corrected chi connectivity index (χ2v) is 5.03. The van der Waals surface area contributed by atoms with Crippen LogP contribution in [0.5, 0.6) is 0 Å². The summed E-state index contributed by atoms with van der Waals surface area (Å²) in [6, 6.07) is 7.14. The highest BCUT2D eigenvalue weighted by molar-refractivity contribution is 8.00. The molecular weight excluding hydrogens is 280 g/mol. The van der Waals surface area contributed by atoms with Gasteiger partial charge in [-0.2, -0.15) is 0 Å². The molecule has 1 aromatic rings. The van der Waals surface area contributed by atoms with Crippen LogP contribution in [0, 0.1) is 0 Å². The zero-order valence-electron chi connectivity index (χ0n) is 11.0. The van der Waals surface area contributed by atoms with Crippen molar-refractivity contribution in [2.75, 3.05) is 16.8 Å². The molecular formula is C13H16N2O4S. The van der Waals surface area contributed by atoms with Crippen molar-refractivity contribution in [1.82, 2.24) is 5.32 Å². The van der Waals surface area contributed by atoms with E-state index in [1.807, 2.05) is 6.07 Å². The Morgan fingerprint density at radius 2 is 2.00 bits per heavy atom. The summed E-state index contributed by atoms with van der Waals surface area (Å²) in [7, 11) is 0. The predicted molar refractivity (Wildman–Crippen MR) is 77.6 cm³/mol. The highest BCUT2D eigenvalue weighted by Crippen LogP contribution is 2.10. The van der Waals surface area contributed by atoms with E-state index in [1.54, 1.807) is 18.2 Å².